The Labute approximate surface area is 79.2 Å². The summed E-state index contributed by atoms with van der Waals surface area (Å²) in [7, 11) is 0. The molecule has 12 heavy (non-hydrogen) atoms. The van der Waals surface area contributed by atoms with Gasteiger partial charge >= 0.3 is 0 Å². The minimum absolute atomic E-state index is 0.237. The van der Waals surface area contributed by atoms with Crippen molar-refractivity contribution in [3.63, 3.8) is 0 Å². The second-order valence-electron chi connectivity index (χ2n) is 2.18. The summed E-state index contributed by atoms with van der Waals surface area (Å²) in [6.07, 6.45) is 0. The minimum atomic E-state index is -0.810. The summed E-state index contributed by atoms with van der Waals surface area (Å²) in [5.41, 5.74) is 0. The number of aromatic nitrogens is 1. The monoisotopic (exact) mass is 249 g/mol. The Morgan fingerprint density at radius 2 is 2.08 bits per heavy atom. The second kappa shape index (κ2) is 2.74. The van der Waals surface area contributed by atoms with Gasteiger partial charge in [-0.05, 0) is 28.1 Å². The van der Waals surface area contributed by atoms with E-state index in [0.29, 0.717) is 20.8 Å². The third-order valence-corrected chi connectivity index (χ3v) is 2.73. The summed E-state index contributed by atoms with van der Waals surface area (Å²) in [4.78, 5) is 4.29. The molecular weight excluding hydrogens is 248 g/mol. The van der Waals surface area contributed by atoms with Crippen LogP contribution in [0.4, 0.5) is 8.78 Å². The number of hydrogen-bond acceptors (Lipinski definition) is 2. The summed E-state index contributed by atoms with van der Waals surface area (Å²) < 4.78 is 26.1. The van der Waals surface area contributed by atoms with Gasteiger partial charge in [-0.1, -0.05) is 11.3 Å². The minimum Gasteiger partial charge on any atom is -0.230 e. The van der Waals surface area contributed by atoms with E-state index in [1.54, 1.807) is 6.07 Å². The van der Waals surface area contributed by atoms with Crippen LogP contribution in [0.3, 0.4) is 0 Å². The lowest BCUT2D eigenvalue weighted by atomic mass is 10.3. The van der Waals surface area contributed by atoms with Crippen molar-refractivity contribution in [2.45, 2.75) is 0 Å². The third kappa shape index (κ3) is 1.13. The number of thiophene rings is 1. The van der Waals surface area contributed by atoms with E-state index in [4.69, 9.17) is 0 Å². The molecule has 2 rings (SSSR count). The molecule has 0 aliphatic carbocycles. The average molecular weight is 250 g/mol. The van der Waals surface area contributed by atoms with Crippen LogP contribution in [0.2, 0.25) is 0 Å². The molecule has 0 N–H and O–H groups in total. The zero-order chi connectivity index (χ0) is 8.72. The molecule has 0 atom stereocenters. The molecule has 0 spiro atoms. The smallest absolute Gasteiger partial charge is 0.214 e. The summed E-state index contributed by atoms with van der Waals surface area (Å²) in [5, 5.41) is -0.573. The van der Waals surface area contributed by atoms with E-state index in [1.807, 2.05) is 0 Å². The second-order valence-corrected chi connectivity index (χ2v) is 3.94. The molecule has 1 nitrogen and oxygen atoms in total. The van der Waals surface area contributed by atoms with Gasteiger partial charge in [-0.15, -0.1) is 0 Å². The van der Waals surface area contributed by atoms with Gasteiger partial charge in [0.2, 0.25) is 5.13 Å². The lowest BCUT2D eigenvalue weighted by Gasteiger charge is -1.88. The summed E-state index contributed by atoms with van der Waals surface area (Å²) in [6, 6.07) is 3.08. The van der Waals surface area contributed by atoms with Crippen LogP contribution in [0.1, 0.15) is 0 Å². The van der Waals surface area contributed by atoms with Crippen molar-refractivity contribution >= 4 is 37.5 Å². The quantitative estimate of drug-likeness (QED) is 0.653. The molecule has 2 heterocycles. The average Bonchev–Trinajstić information content (AvgIpc) is 2.28. The van der Waals surface area contributed by atoms with Crippen LogP contribution in [0, 0.1) is 10.9 Å². The molecule has 0 saturated heterocycles. The lowest BCUT2D eigenvalue weighted by Crippen LogP contribution is -1.75. The molecule has 0 amide bonds. The van der Waals surface area contributed by atoms with Gasteiger partial charge in [0.25, 0.3) is 0 Å². The topological polar surface area (TPSA) is 12.9 Å². The van der Waals surface area contributed by atoms with Crippen LogP contribution >= 0.6 is 27.3 Å². The number of hydrogen-bond donors (Lipinski definition) is 0. The van der Waals surface area contributed by atoms with Crippen molar-refractivity contribution in [1.82, 2.24) is 4.98 Å². The number of nitrogens with zero attached hydrogens (tertiary/aromatic N) is 1. The molecule has 0 aliphatic rings. The summed E-state index contributed by atoms with van der Waals surface area (Å²) in [6.45, 7) is 0. The fourth-order valence-corrected chi connectivity index (χ4v) is 2.11. The highest BCUT2D eigenvalue weighted by molar-refractivity contribution is 9.10. The van der Waals surface area contributed by atoms with Crippen molar-refractivity contribution in [3.05, 3.63) is 27.7 Å². The Morgan fingerprint density at radius 3 is 2.83 bits per heavy atom. The molecule has 0 unspecified atom stereocenters. The predicted molar refractivity (Wildman–Crippen MR) is 47.2 cm³/mol. The highest BCUT2D eigenvalue weighted by Crippen LogP contribution is 2.27. The van der Waals surface area contributed by atoms with Crippen LogP contribution in [0.5, 0.6) is 0 Å². The maximum Gasteiger partial charge on any atom is 0.214 e. The highest BCUT2D eigenvalue weighted by atomic mass is 79.9. The van der Waals surface area contributed by atoms with Crippen molar-refractivity contribution in [2.24, 2.45) is 0 Å². The SMILES string of the molecule is Fc1sc2nc(Br)ccc2c1F. The van der Waals surface area contributed by atoms with Gasteiger partial charge in [0, 0.05) is 0 Å². The summed E-state index contributed by atoms with van der Waals surface area (Å²) >= 11 is 3.83. The molecule has 0 fully saturated rings. The molecule has 0 bridgehead atoms. The Hall–Kier alpha value is -0.550. The maximum atomic E-state index is 12.9. The first-order valence-corrected chi connectivity index (χ1v) is 4.69. The molecule has 0 radical (unpaired) electrons. The van der Waals surface area contributed by atoms with E-state index in [-0.39, 0.29) is 5.39 Å². The standard InChI is InChI=1S/C7H2BrF2NS/c8-4-2-1-3-5(9)6(10)12-7(3)11-4/h1-2H. The van der Waals surface area contributed by atoms with E-state index in [9.17, 15) is 8.78 Å². The number of pyridine rings is 1. The zero-order valence-electron chi connectivity index (χ0n) is 5.64. The first-order chi connectivity index (χ1) is 5.68. The Kier molecular flexibility index (Phi) is 1.84. The Morgan fingerprint density at radius 1 is 1.33 bits per heavy atom. The van der Waals surface area contributed by atoms with Gasteiger partial charge in [0.1, 0.15) is 9.43 Å². The van der Waals surface area contributed by atoms with Crippen molar-refractivity contribution < 1.29 is 8.78 Å². The van der Waals surface area contributed by atoms with Gasteiger partial charge in [0.05, 0.1) is 5.39 Å². The van der Waals surface area contributed by atoms with E-state index >= 15 is 0 Å². The molecule has 62 valence electrons. The largest absolute Gasteiger partial charge is 0.230 e. The van der Waals surface area contributed by atoms with Crippen LogP contribution in [0.15, 0.2) is 16.7 Å². The lowest BCUT2D eigenvalue weighted by molar-refractivity contribution is 0.538. The third-order valence-electron chi connectivity index (χ3n) is 1.42. The molecule has 2 aromatic rings. The Bertz CT molecular complexity index is 440. The van der Waals surface area contributed by atoms with Crippen molar-refractivity contribution in [1.29, 1.82) is 0 Å². The van der Waals surface area contributed by atoms with Crippen LogP contribution < -0.4 is 0 Å². The molecule has 0 saturated carbocycles. The molecule has 0 aromatic carbocycles. The van der Waals surface area contributed by atoms with Crippen LogP contribution in [0.25, 0.3) is 10.2 Å². The fraction of sp³-hybridized carbons (Fsp3) is 0. The highest BCUT2D eigenvalue weighted by Gasteiger charge is 2.11. The normalized spacial score (nSPS) is 10.9. The molecule has 5 heteroatoms. The van der Waals surface area contributed by atoms with Gasteiger partial charge in [0.15, 0.2) is 5.82 Å². The van der Waals surface area contributed by atoms with Gasteiger partial charge in [-0.3, -0.25) is 0 Å². The van der Waals surface area contributed by atoms with Gasteiger partial charge in [-0.25, -0.2) is 9.37 Å². The zero-order valence-corrected chi connectivity index (χ0v) is 8.05. The first kappa shape index (κ1) is 8.07. The van der Waals surface area contributed by atoms with Crippen LogP contribution in [-0.2, 0) is 0 Å². The molecule has 0 aliphatic heterocycles. The Balaban J connectivity index is 2.87. The summed E-state index contributed by atoms with van der Waals surface area (Å²) in [5.74, 6) is -0.810. The number of halogens is 3. The van der Waals surface area contributed by atoms with Gasteiger partial charge in [-0.2, -0.15) is 4.39 Å². The predicted octanol–water partition coefficient (Wildman–Crippen LogP) is 3.34. The van der Waals surface area contributed by atoms with Gasteiger partial charge < -0.3 is 0 Å². The number of rotatable bonds is 0. The molecule has 2 aromatic heterocycles. The van der Waals surface area contributed by atoms with E-state index in [1.165, 1.54) is 6.07 Å². The van der Waals surface area contributed by atoms with E-state index in [0.717, 1.165) is 0 Å². The van der Waals surface area contributed by atoms with E-state index < -0.39 is 10.9 Å². The van der Waals surface area contributed by atoms with Crippen molar-refractivity contribution in [2.75, 3.05) is 0 Å². The molecular formula is C7H2BrF2NS. The maximum absolute atomic E-state index is 12.9. The van der Waals surface area contributed by atoms with Crippen LogP contribution in [-0.4, -0.2) is 4.98 Å². The number of fused-ring (bicyclic) bond motifs is 1. The first-order valence-electron chi connectivity index (χ1n) is 3.08. The van der Waals surface area contributed by atoms with Crippen molar-refractivity contribution in [3.8, 4) is 0 Å². The van der Waals surface area contributed by atoms with E-state index in [2.05, 4.69) is 20.9 Å². The fourth-order valence-electron chi connectivity index (χ4n) is 0.898.